The van der Waals surface area contributed by atoms with Crippen molar-refractivity contribution < 1.29 is 9.90 Å². The summed E-state index contributed by atoms with van der Waals surface area (Å²) in [5.74, 6) is -0.846. The van der Waals surface area contributed by atoms with E-state index in [9.17, 15) is 19.5 Å². The maximum absolute atomic E-state index is 11.8. The molecule has 2 N–H and O–H groups in total. The second-order valence-corrected chi connectivity index (χ2v) is 3.70. The van der Waals surface area contributed by atoms with E-state index < -0.39 is 23.2 Å². The molecular formula is C10H15N3O4. The molecule has 0 aliphatic heterocycles. The summed E-state index contributed by atoms with van der Waals surface area (Å²) in [6.45, 7) is 3.76. The zero-order chi connectivity index (χ0) is 13.2. The fourth-order valence-corrected chi connectivity index (χ4v) is 1.45. The highest BCUT2D eigenvalue weighted by atomic mass is 16.3. The first-order valence-corrected chi connectivity index (χ1v) is 5.18. The molecule has 0 saturated carbocycles. The Morgan fingerprint density at radius 3 is 2.65 bits per heavy atom. The molecule has 0 spiro atoms. The van der Waals surface area contributed by atoms with Crippen LogP contribution in [0.3, 0.4) is 0 Å². The number of hydrogen-bond donors (Lipinski definition) is 2. The van der Waals surface area contributed by atoms with E-state index in [4.69, 9.17) is 0 Å². The van der Waals surface area contributed by atoms with Crippen molar-refractivity contribution in [2.45, 2.75) is 19.9 Å². The van der Waals surface area contributed by atoms with Crippen LogP contribution in [0.15, 0.2) is 15.7 Å². The quantitative estimate of drug-likeness (QED) is 0.730. The number of carbonyl (C=O) groups excluding carboxylic acids is 1. The number of nitrogens with zero attached hydrogens (tertiary/aromatic N) is 2. The lowest BCUT2D eigenvalue weighted by molar-refractivity contribution is -0.133. The highest BCUT2D eigenvalue weighted by Crippen LogP contribution is 2.12. The zero-order valence-corrected chi connectivity index (χ0v) is 9.93. The Kier molecular flexibility index (Phi) is 3.72. The number of aromatic amines is 1. The van der Waals surface area contributed by atoms with Gasteiger partial charge in [-0.2, -0.15) is 0 Å². The minimum absolute atomic E-state index is 0.322. The topological polar surface area (TPSA) is 95.4 Å². The molecule has 1 aromatic rings. The molecule has 1 atom stereocenters. The van der Waals surface area contributed by atoms with Gasteiger partial charge in [0.05, 0.1) is 6.07 Å². The van der Waals surface area contributed by atoms with E-state index in [2.05, 4.69) is 0 Å². The van der Waals surface area contributed by atoms with Gasteiger partial charge in [-0.1, -0.05) is 0 Å². The van der Waals surface area contributed by atoms with E-state index in [1.165, 1.54) is 11.8 Å². The number of likely N-dealkylation sites (N-methyl/N-ethyl adjacent to an activating group) is 1. The maximum atomic E-state index is 11.8. The van der Waals surface area contributed by atoms with Gasteiger partial charge in [-0.15, -0.1) is 0 Å². The van der Waals surface area contributed by atoms with Gasteiger partial charge in [0.1, 0.15) is 6.04 Å². The third-order valence-electron chi connectivity index (χ3n) is 2.55. The normalized spacial score (nSPS) is 12.2. The summed E-state index contributed by atoms with van der Waals surface area (Å²) in [6, 6.07) is -0.0128. The van der Waals surface area contributed by atoms with Crippen LogP contribution in [0.2, 0.25) is 0 Å². The molecule has 0 aliphatic carbocycles. The number of aromatic hydroxyl groups is 1. The summed E-state index contributed by atoms with van der Waals surface area (Å²) in [4.78, 5) is 37.7. The van der Waals surface area contributed by atoms with Crippen molar-refractivity contribution in [2.75, 3.05) is 13.6 Å². The third-order valence-corrected chi connectivity index (χ3v) is 2.55. The molecule has 0 radical (unpaired) electrons. The van der Waals surface area contributed by atoms with Crippen LogP contribution < -0.4 is 11.2 Å². The van der Waals surface area contributed by atoms with Crippen LogP contribution in [-0.2, 0) is 4.79 Å². The van der Waals surface area contributed by atoms with Crippen molar-refractivity contribution in [1.29, 1.82) is 0 Å². The van der Waals surface area contributed by atoms with Crippen molar-refractivity contribution >= 4 is 5.91 Å². The molecular weight excluding hydrogens is 226 g/mol. The summed E-state index contributed by atoms with van der Waals surface area (Å²) >= 11 is 0. The largest absolute Gasteiger partial charge is 0.494 e. The SMILES string of the molecule is CCN(C)C(=O)C(C)n1c(O)cc(=O)[nH]c1=O. The van der Waals surface area contributed by atoms with Gasteiger partial charge in [-0.25, -0.2) is 4.79 Å². The molecule has 7 heteroatoms. The van der Waals surface area contributed by atoms with Crippen LogP contribution in [0.5, 0.6) is 5.88 Å². The van der Waals surface area contributed by atoms with Crippen LogP contribution in [0.25, 0.3) is 0 Å². The number of rotatable bonds is 3. The lowest BCUT2D eigenvalue weighted by atomic mass is 10.3. The molecule has 1 rings (SSSR count). The Bertz CT molecular complexity index is 531. The minimum atomic E-state index is -0.871. The van der Waals surface area contributed by atoms with E-state index in [0.29, 0.717) is 6.54 Å². The van der Waals surface area contributed by atoms with Gasteiger partial charge in [0, 0.05) is 13.6 Å². The van der Waals surface area contributed by atoms with Gasteiger partial charge in [0.2, 0.25) is 11.8 Å². The molecule has 1 unspecified atom stereocenters. The molecule has 7 nitrogen and oxygen atoms in total. The molecule has 94 valence electrons. The Balaban J connectivity index is 3.22. The van der Waals surface area contributed by atoms with Crippen LogP contribution in [-0.4, -0.2) is 39.1 Å². The second-order valence-electron chi connectivity index (χ2n) is 3.70. The van der Waals surface area contributed by atoms with Crippen LogP contribution in [0.4, 0.5) is 0 Å². The fraction of sp³-hybridized carbons (Fsp3) is 0.500. The van der Waals surface area contributed by atoms with Crippen LogP contribution in [0, 0.1) is 0 Å². The summed E-state index contributed by atoms with van der Waals surface area (Å²) in [5, 5.41) is 9.52. The lowest BCUT2D eigenvalue weighted by Gasteiger charge is -2.21. The van der Waals surface area contributed by atoms with E-state index in [0.717, 1.165) is 10.6 Å². The number of nitrogens with one attached hydrogen (secondary N) is 1. The molecule has 1 heterocycles. The summed E-state index contributed by atoms with van der Waals surface area (Å²) in [5.41, 5.74) is -1.51. The number of hydrogen-bond acceptors (Lipinski definition) is 4. The minimum Gasteiger partial charge on any atom is -0.494 e. The Hall–Kier alpha value is -2.05. The molecule has 1 aromatic heterocycles. The van der Waals surface area contributed by atoms with Crippen LogP contribution in [0.1, 0.15) is 19.9 Å². The molecule has 0 fully saturated rings. The molecule has 1 amide bonds. The number of amides is 1. The van der Waals surface area contributed by atoms with Gasteiger partial charge in [-0.3, -0.25) is 19.1 Å². The van der Waals surface area contributed by atoms with Crippen molar-refractivity contribution in [1.82, 2.24) is 14.5 Å². The Labute approximate surface area is 97.3 Å². The molecule has 0 aromatic carbocycles. The Morgan fingerprint density at radius 2 is 2.18 bits per heavy atom. The lowest BCUT2D eigenvalue weighted by Crippen LogP contribution is -2.39. The highest BCUT2D eigenvalue weighted by Gasteiger charge is 2.21. The first kappa shape index (κ1) is 13.0. The zero-order valence-electron chi connectivity index (χ0n) is 9.93. The van der Waals surface area contributed by atoms with Crippen LogP contribution >= 0.6 is 0 Å². The first-order chi connectivity index (χ1) is 7.88. The summed E-state index contributed by atoms with van der Waals surface area (Å²) < 4.78 is 0.843. The molecule has 0 aliphatic rings. The molecule has 17 heavy (non-hydrogen) atoms. The Morgan fingerprint density at radius 1 is 1.59 bits per heavy atom. The predicted octanol–water partition coefficient (Wildman–Crippen LogP) is -0.718. The van der Waals surface area contributed by atoms with E-state index >= 15 is 0 Å². The summed E-state index contributed by atoms with van der Waals surface area (Å²) in [6.07, 6.45) is 0. The molecule has 0 saturated heterocycles. The van der Waals surface area contributed by atoms with Crippen molar-refractivity contribution in [3.05, 3.63) is 26.9 Å². The monoisotopic (exact) mass is 241 g/mol. The first-order valence-electron chi connectivity index (χ1n) is 5.18. The van der Waals surface area contributed by atoms with Crippen molar-refractivity contribution in [3.63, 3.8) is 0 Å². The third kappa shape index (κ3) is 2.55. The maximum Gasteiger partial charge on any atom is 0.331 e. The number of carbonyl (C=O) groups is 1. The number of aromatic nitrogens is 2. The van der Waals surface area contributed by atoms with Gasteiger partial charge in [-0.05, 0) is 13.8 Å². The van der Waals surface area contributed by atoms with Gasteiger partial charge in [0.25, 0.3) is 5.56 Å². The average Bonchev–Trinajstić information content (AvgIpc) is 2.25. The summed E-state index contributed by atoms with van der Waals surface area (Å²) in [7, 11) is 1.59. The number of H-pyrrole nitrogens is 1. The average molecular weight is 241 g/mol. The smallest absolute Gasteiger partial charge is 0.331 e. The van der Waals surface area contributed by atoms with Crippen molar-refractivity contribution in [3.8, 4) is 5.88 Å². The second kappa shape index (κ2) is 4.86. The van der Waals surface area contributed by atoms with Gasteiger partial charge >= 0.3 is 5.69 Å². The molecule has 0 bridgehead atoms. The predicted molar refractivity (Wildman–Crippen MR) is 61.0 cm³/mol. The van der Waals surface area contributed by atoms with Gasteiger partial charge < -0.3 is 10.0 Å². The van der Waals surface area contributed by atoms with E-state index in [-0.39, 0.29) is 5.91 Å². The van der Waals surface area contributed by atoms with Crippen molar-refractivity contribution in [2.24, 2.45) is 0 Å². The van der Waals surface area contributed by atoms with Gasteiger partial charge in [0.15, 0.2) is 0 Å². The highest BCUT2D eigenvalue weighted by molar-refractivity contribution is 5.79. The standard InChI is InChI=1S/C10H15N3O4/c1-4-12(3)9(16)6(2)13-8(15)5-7(14)11-10(13)17/h5-6,15H,4H2,1-3H3,(H,11,14,17). The van der Waals surface area contributed by atoms with E-state index in [1.807, 2.05) is 4.98 Å². The fourth-order valence-electron chi connectivity index (χ4n) is 1.45. The van der Waals surface area contributed by atoms with E-state index in [1.54, 1.807) is 14.0 Å².